The number of rotatable bonds is 4. The van der Waals surface area contributed by atoms with Gasteiger partial charge in [-0.05, 0) is 12.8 Å². The summed E-state index contributed by atoms with van der Waals surface area (Å²) in [5.74, 6) is -1.69. The number of amides is 1. The molecule has 1 unspecified atom stereocenters. The zero-order chi connectivity index (χ0) is 14.8. The Bertz CT molecular complexity index is 484. The molecule has 2 rings (SSSR count). The Morgan fingerprint density at radius 2 is 1.95 bits per heavy atom. The van der Waals surface area contributed by atoms with Gasteiger partial charge >= 0.3 is 5.97 Å². The minimum atomic E-state index is -3.60. The highest BCUT2D eigenvalue weighted by atomic mass is 32.2. The van der Waals surface area contributed by atoms with Crippen LogP contribution in [0.3, 0.4) is 0 Å². The van der Waals surface area contributed by atoms with Gasteiger partial charge in [0.2, 0.25) is 15.9 Å². The Morgan fingerprint density at radius 1 is 1.30 bits per heavy atom. The van der Waals surface area contributed by atoms with Crippen LogP contribution in [0.5, 0.6) is 0 Å². The number of hydrogen-bond acceptors (Lipinski definition) is 4. The minimum Gasteiger partial charge on any atom is -0.481 e. The SMILES string of the molecule is O=C(O)CC1C(=O)NCCN1S(=O)(=O)C1CCCCC1. The molecule has 0 aromatic rings. The van der Waals surface area contributed by atoms with E-state index in [-0.39, 0.29) is 13.1 Å². The van der Waals surface area contributed by atoms with E-state index in [4.69, 9.17) is 5.11 Å². The summed E-state index contributed by atoms with van der Waals surface area (Å²) in [6.07, 6.45) is 3.48. The molecule has 2 N–H and O–H groups in total. The molecule has 8 heteroatoms. The summed E-state index contributed by atoms with van der Waals surface area (Å²) in [5.41, 5.74) is 0. The van der Waals surface area contributed by atoms with Crippen molar-refractivity contribution in [2.45, 2.75) is 49.8 Å². The second kappa shape index (κ2) is 6.09. The number of aliphatic carboxylic acids is 1. The molecule has 20 heavy (non-hydrogen) atoms. The quantitative estimate of drug-likeness (QED) is 0.756. The van der Waals surface area contributed by atoms with E-state index in [1.807, 2.05) is 0 Å². The first-order valence-corrected chi connectivity index (χ1v) is 8.43. The van der Waals surface area contributed by atoms with E-state index < -0.39 is 39.6 Å². The van der Waals surface area contributed by atoms with Crippen molar-refractivity contribution in [3.63, 3.8) is 0 Å². The van der Waals surface area contributed by atoms with Gasteiger partial charge in [-0.25, -0.2) is 8.42 Å². The Morgan fingerprint density at radius 3 is 2.55 bits per heavy atom. The molecule has 1 saturated carbocycles. The Kier molecular flexibility index (Phi) is 4.64. The molecule has 0 bridgehead atoms. The fraction of sp³-hybridized carbons (Fsp3) is 0.833. The van der Waals surface area contributed by atoms with Crippen LogP contribution in [0.15, 0.2) is 0 Å². The molecule has 7 nitrogen and oxygen atoms in total. The van der Waals surface area contributed by atoms with Crippen LogP contribution < -0.4 is 5.32 Å². The summed E-state index contributed by atoms with van der Waals surface area (Å²) in [6, 6.07) is -1.12. The molecule has 1 saturated heterocycles. The fourth-order valence-corrected chi connectivity index (χ4v) is 5.10. The van der Waals surface area contributed by atoms with Crippen LogP contribution in [0.1, 0.15) is 38.5 Å². The zero-order valence-corrected chi connectivity index (χ0v) is 12.1. The molecule has 0 spiro atoms. The number of nitrogens with one attached hydrogen (secondary N) is 1. The number of nitrogens with zero attached hydrogens (tertiary/aromatic N) is 1. The van der Waals surface area contributed by atoms with E-state index in [2.05, 4.69) is 5.32 Å². The second-order valence-corrected chi connectivity index (χ2v) is 7.49. The average molecular weight is 304 g/mol. The Balaban J connectivity index is 2.21. The predicted octanol–water partition coefficient (Wildman–Crippen LogP) is -0.0760. The highest BCUT2D eigenvalue weighted by molar-refractivity contribution is 7.89. The summed E-state index contributed by atoms with van der Waals surface area (Å²) in [4.78, 5) is 22.6. The third kappa shape index (κ3) is 3.12. The van der Waals surface area contributed by atoms with Gasteiger partial charge in [-0.3, -0.25) is 9.59 Å². The largest absolute Gasteiger partial charge is 0.481 e. The summed E-state index contributed by atoms with van der Waals surface area (Å²) >= 11 is 0. The van der Waals surface area contributed by atoms with Crippen LogP contribution in [0.2, 0.25) is 0 Å². The van der Waals surface area contributed by atoms with Gasteiger partial charge in [-0.2, -0.15) is 4.31 Å². The summed E-state index contributed by atoms with van der Waals surface area (Å²) < 4.78 is 26.4. The van der Waals surface area contributed by atoms with Crippen molar-refractivity contribution >= 4 is 21.9 Å². The Labute approximate surface area is 118 Å². The summed E-state index contributed by atoms with van der Waals surface area (Å²) in [7, 11) is -3.60. The van der Waals surface area contributed by atoms with E-state index in [0.717, 1.165) is 23.6 Å². The van der Waals surface area contributed by atoms with Crippen molar-refractivity contribution < 1.29 is 23.1 Å². The third-order valence-corrected chi connectivity index (χ3v) is 6.35. The smallest absolute Gasteiger partial charge is 0.305 e. The van der Waals surface area contributed by atoms with Crippen LogP contribution in [-0.4, -0.2) is 54.1 Å². The lowest BCUT2D eigenvalue weighted by molar-refractivity contribution is -0.141. The zero-order valence-electron chi connectivity index (χ0n) is 11.2. The average Bonchev–Trinajstić information content (AvgIpc) is 2.41. The van der Waals surface area contributed by atoms with Gasteiger partial charge in [-0.15, -0.1) is 0 Å². The number of carboxylic acids is 1. The van der Waals surface area contributed by atoms with Crippen LogP contribution in [0.25, 0.3) is 0 Å². The molecule has 2 aliphatic rings. The molecule has 2 fully saturated rings. The second-order valence-electron chi connectivity index (χ2n) is 5.32. The molecular formula is C12H20N2O5S. The van der Waals surface area contributed by atoms with Gasteiger partial charge in [0.1, 0.15) is 6.04 Å². The van der Waals surface area contributed by atoms with Crippen molar-refractivity contribution in [1.29, 1.82) is 0 Å². The number of carbonyl (C=O) groups is 2. The highest BCUT2D eigenvalue weighted by Gasteiger charge is 2.42. The molecule has 1 amide bonds. The first-order chi connectivity index (χ1) is 9.43. The monoisotopic (exact) mass is 304 g/mol. The van der Waals surface area contributed by atoms with Gasteiger partial charge in [-0.1, -0.05) is 19.3 Å². The predicted molar refractivity (Wildman–Crippen MR) is 71.5 cm³/mol. The normalized spacial score (nSPS) is 26.2. The maximum Gasteiger partial charge on any atom is 0.305 e. The van der Waals surface area contributed by atoms with Crippen LogP contribution >= 0.6 is 0 Å². The van der Waals surface area contributed by atoms with Crippen molar-refractivity contribution in [1.82, 2.24) is 9.62 Å². The van der Waals surface area contributed by atoms with E-state index >= 15 is 0 Å². The molecule has 0 aromatic carbocycles. The molecule has 0 radical (unpaired) electrons. The van der Waals surface area contributed by atoms with Gasteiger partial charge < -0.3 is 10.4 Å². The number of sulfonamides is 1. The molecule has 1 aliphatic carbocycles. The van der Waals surface area contributed by atoms with Crippen molar-refractivity contribution in [3.05, 3.63) is 0 Å². The summed E-state index contributed by atoms with van der Waals surface area (Å²) in [5, 5.41) is 10.9. The van der Waals surface area contributed by atoms with Gasteiger partial charge in [0, 0.05) is 13.1 Å². The van der Waals surface area contributed by atoms with E-state index in [1.165, 1.54) is 0 Å². The molecule has 1 atom stereocenters. The minimum absolute atomic E-state index is 0.155. The van der Waals surface area contributed by atoms with Crippen molar-refractivity contribution in [2.24, 2.45) is 0 Å². The lowest BCUT2D eigenvalue weighted by Crippen LogP contribution is -2.59. The lowest BCUT2D eigenvalue weighted by atomic mass is 10.0. The standard InChI is InChI=1S/C12H20N2O5S/c15-11(16)8-10-12(17)13-6-7-14(10)20(18,19)9-4-2-1-3-5-9/h9-10H,1-8H2,(H,13,17)(H,15,16). The summed E-state index contributed by atoms with van der Waals surface area (Å²) in [6.45, 7) is 0.392. The van der Waals surface area contributed by atoms with Crippen molar-refractivity contribution in [3.8, 4) is 0 Å². The van der Waals surface area contributed by atoms with Gasteiger partial charge in [0.25, 0.3) is 0 Å². The van der Waals surface area contributed by atoms with Crippen LogP contribution in [-0.2, 0) is 19.6 Å². The van der Waals surface area contributed by atoms with Gasteiger partial charge in [0.15, 0.2) is 0 Å². The molecule has 0 aromatic heterocycles. The van der Waals surface area contributed by atoms with Gasteiger partial charge in [0.05, 0.1) is 11.7 Å². The first-order valence-electron chi connectivity index (χ1n) is 6.93. The number of carboxylic acid groups (broad SMARTS) is 1. The lowest BCUT2D eigenvalue weighted by Gasteiger charge is -2.36. The van der Waals surface area contributed by atoms with E-state index in [1.54, 1.807) is 0 Å². The van der Waals surface area contributed by atoms with E-state index in [0.29, 0.717) is 12.8 Å². The third-order valence-electron chi connectivity index (χ3n) is 3.95. The van der Waals surface area contributed by atoms with Crippen LogP contribution in [0, 0.1) is 0 Å². The fourth-order valence-electron chi connectivity index (χ4n) is 2.91. The number of hydrogen-bond donors (Lipinski definition) is 2. The molecule has 114 valence electrons. The van der Waals surface area contributed by atoms with Crippen LogP contribution in [0.4, 0.5) is 0 Å². The van der Waals surface area contributed by atoms with Crippen molar-refractivity contribution in [2.75, 3.05) is 13.1 Å². The first kappa shape index (κ1) is 15.2. The van der Waals surface area contributed by atoms with E-state index in [9.17, 15) is 18.0 Å². The Hall–Kier alpha value is -1.15. The molecular weight excluding hydrogens is 284 g/mol. The molecule has 1 aliphatic heterocycles. The maximum absolute atomic E-state index is 12.6. The topological polar surface area (TPSA) is 104 Å². The maximum atomic E-state index is 12.6. The number of piperazine rings is 1. The highest BCUT2D eigenvalue weighted by Crippen LogP contribution is 2.28. The number of carbonyl (C=O) groups excluding carboxylic acids is 1. The molecule has 1 heterocycles.